The Morgan fingerprint density at radius 2 is 1.22 bits per heavy atom. The van der Waals surface area contributed by atoms with Gasteiger partial charge in [-0.15, -0.1) is 0 Å². The molecule has 1 aliphatic carbocycles. The van der Waals surface area contributed by atoms with Crippen LogP contribution in [0.25, 0.3) is 72.3 Å². The molecular formula is C39H25N6+. The first-order valence-corrected chi connectivity index (χ1v) is 15.2. The largest absolute Gasteiger partial charge is 0.318 e. The maximum absolute atomic E-state index is 5.12. The molecule has 1 unspecified atom stereocenters. The summed E-state index contributed by atoms with van der Waals surface area (Å²) in [5.74, 6) is 1.88. The zero-order chi connectivity index (χ0) is 29.5. The van der Waals surface area contributed by atoms with Crippen molar-refractivity contribution in [1.82, 2.24) is 24.1 Å². The van der Waals surface area contributed by atoms with Crippen molar-refractivity contribution in [1.29, 1.82) is 0 Å². The van der Waals surface area contributed by atoms with Gasteiger partial charge in [-0.3, -0.25) is 4.57 Å². The molecule has 0 fully saturated rings. The van der Waals surface area contributed by atoms with Crippen LogP contribution in [-0.2, 0) is 0 Å². The average molecular weight is 578 g/mol. The van der Waals surface area contributed by atoms with E-state index in [0.717, 1.165) is 38.6 Å². The van der Waals surface area contributed by atoms with Crippen molar-refractivity contribution in [3.8, 4) is 28.7 Å². The van der Waals surface area contributed by atoms with Crippen LogP contribution in [-0.4, -0.2) is 29.8 Å². The molecule has 0 radical (unpaired) electrons. The molecule has 1 atom stereocenters. The maximum Gasteiger partial charge on any atom is 0.238 e. The number of fused-ring (bicyclic) bond motifs is 8. The molecule has 0 saturated heterocycles. The standard InChI is InChI=1S/C39H24N6/c1-3-12-24(13-4-1)37-41-38(25-14-5-2-6-15-25)43-39(42-37)45-32-20-9-7-16-26(32)28-22-34-29(23-35(28)45)27-17-11-19-31-36(27)44(34)33-21-10-8-18-30(33)40-31/h1-23,33H/p+1. The zero-order valence-electron chi connectivity index (χ0n) is 24.1. The van der Waals surface area contributed by atoms with Gasteiger partial charge in [-0.1, -0.05) is 109 Å². The van der Waals surface area contributed by atoms with Crippen LogP contribution >= 0.6 is 0 Å². The molecule has 10 rings (SSSR count). The van der Waals surface area contributed by atoms with Gasteiger partial charge in [0, 0.05) is 44.8 Å². The summed E-state index contributed by atoms with van der Waals surface area (Å²) < 4.78 is 4.69. The molecule has 1 N–H and O–H groups in total. The number of benzene rings is 5. The Labute approximate surface area is 258 Å². The first kappa shape index (κ1) is 24.3. The maximum atomic E-state index is 5.12. The number of aromatic nitrogens is 5. The molecule has 6 heteroatoms. The second-order valence-corrected chi connectivity index (χ2v) is 11.6. The highest BCUT2D eigenvalue weighted by Gasteiger charge is 2.32. The van der Waals surface area contributed by atoms with Gasteiger partial charge < -0.3 is 4.57 Å². The van der Waals surface area contributed by atoms with Crippen LogP contribution in [0.15, 0.2) is 140 Å². The van der Waals surface area contributed by atoms with Gasteiger partial charge in [0.2, 0.25) is 17.3 Å². The van der Waals surface area contributed by atoms with Crippen LogP contribution in [0, 0.1) is 0 Å². The van der Waals surface area contributed by atoms with Gasteiger partial charge in [0.15, 0.2) is 11.6 Å². The van der Waals surface area contributed by atoms with Crippen molar-refractivity contribution in [3.05, 3.63) is 140 Å². The number of allylic oxidation sites excluding steroid dienone is 4. The molecule has 5 aromatic carbocycles. The number of nitrogens with one attached hydrogen (secondary N) is 1. The van der Waals surface area contributed by atoms with Crippen LogP contribution in [0.3, 0.4) is 0 Å². The Morgan fingerprint density at radius 3 is 2.00 bits per heavy atom. The summed E-state index contributed by atoms with van der Waals surface area (Å²) in [6.07, 6.45) is 8.69. The summed E-state index contributed by atoms with van der Waals surface area (Å²) >= 11 is 0. The normalized spacial score (nSPS) is 15.3. The molecule has 0 spiro atoms. The van der Waals surface area contributed by atoms with Gasteiger partial charge >= 0.3 is 0 Å². The molecular weight excluding hydrogens is 552 g/mol. The highest BCUT2D eigenvalue weighted by Crippen LogP contribution is 2.42. The van der Waals surface area contributed by atoms with Crippen LogP contribution < -0.4 is 4.99 Å². The van der Waals surface area contributed by atoms with E-state index in [-0.39, 0.29) is 6.04 Å². The number of nitrogens with zero attached hydrogens (tertiary/aromatic N) is 5. The quantitative estimate of drug-likeness (QED) is 0.241. The molecule has 8 aromatic rings. The minimum absolute atomic E-state index is 0.112. The fourth-order valence-electron chi connectivity index (χ4n) is 7.09. The minimum atomic E-state index is 0.112. The monoisotopic (exact) mass is 577 g/mol. The first-order valence-electron chi connectivity index (χ1n) is 15.2. The van der Waals surface area contributed by atoms with E-state index < -0.39 is 0 Å². The van der Waals surface area contributed by atoms with E-state index in [9.17, 15) is 0 Å². The van der Waals surface area contributed by atoms with E-state index in [2.05, 4.69) is 93.0 Å². The molecule has 0 saturated carbocycles. The summed E-state index contributed by atoms with van der Waals surface area (Å²) in [6, 6.07) is 40.2. The van der Waals surface area contributed by atoms with Crippen LogP contribution in [0.2, 0.25) is 0 Å². The number of rotatable bonds is 3. The lowest BCUT2D eigenvalue weighted by Crippen LogP contribution is -2.69. The summed E-state index contributed by atoms with van der Waals surface area (Å²) in [5, 5.41) is 4.75. The Balaban J connectivity index is 1.31. The third-order valence-electron chi connectivity index (χ3n) is 9.06. The Kier molecular flexibility index (Phi) is 4.96. The molecule has 1 aliphatic heterocycles. The molecule has 4 heterocycles. The molecule has 6 nitrogen and oxygen atoms in total. The minimum Gasteiger partial charge on any atom is -0.318 e. The van der Waals surface area contributed by atoms with Gasteiger partial charge in [-0.25, -0.2) is 9.98 Å². The third kappa shape index (κ3) is 3.50. The molecule has 45 heavy (non-hydrogen) atoms. The summed E-state index contributed by atoms with van der Waals surface area (Å²) in [6.45, 7) is 0. The van der Waals surface area contributed by atoms with E-state index >= 15 is 0 Å². The fraction of sp³-hybridized carbons (Fsp3) is 0.0256. The predicted molar refractivity (Wildman–Crippen MR) is 181 cm³/mol. The van der Waals surface area contributed by atoms with Crippen molar-refractivity contribution >= 4 is 55.0 Å². The van der Waals surface area contributed by atoms with Crippen molar-refractivity contribution in [2.24, 2.45) is 0 Å². The van der Waals surface area contributed by atoms with Gasteiger partial charge in [0.25, 0.3) is 0 Å². The third-order valence-corrected chi connectivity index (χ3v) is 9.06. The highest BCUT2D eigenvalue weighted by atomic mass is 15.2. The first-order chi connectivity index (χ1) is 22.3. The van der Waals surface area contributed by atoms with E-state index in [4.69, 9.17) is 15.0 Å². The lowest BCUT2D eigenvalue weighted by molar-refractivity contribution is -0.355. The number of hydrogen-bond acceptors (Lipinski definition) is 3. The van der Waals surface area contributed by atoms with Crippen molar-refractivity contribution < 1.29 is 4.99 Å². The van der Waals surface area contributed by atoms with E-state index in [0.29, 0.717) is 17.6 Å². The number of hydrogen-bond donors (Lipinski definition) is 1. The molecule has 3 aromatic heterocycles. The van der Waals surface area contributed by atoms with Crippen LogP contribution in [0.4, 0.5) is 5.69 Å². The summed E-state index contributed by atoms with van der Waals surface area (Å²) in [7, 11) is 0. The number of para-hydroxylation sites is 2. The van der Waals surface area contributed by atoms with E-state index in [1.165, 1.54) is 27.5 Å². The van der Waals surface area contributed by atoms with Gasteiger partial charge in [0.05, 0.1) is 16.6 Å². The Bertz CT molecular complexity index is 2530. The Hall–Kier alpha value is -6.14. The SMILES string of the molecule is C1=CC2=[NH+]c3cccc4c5cc6c(cc5n(c34)C2C=C1)c1ccccc1n6-c1nc(-c2ccccc2)nc(-c2ccccc2)n1. The Morgan fingerprint density at radius 1 is 0.556 bits per heavy atom. The average Bonchev–Trinajstić information content (AvgIpc) is 3.61. The van der Waals surface area contributed by atoms with Crippen molar-refractivity contribution in [3.63, 3.8) is 0 Å². The smallest absolute Gasteiger partial charge is 0.238 e. The van der Waals surface area contributed by atoms with E-state index in [1.807, 2.05) is 60.7 Å². The van der Waals surface area contributed by atoms with Crippen molar-refractivity contribution in [2.75, 3.05) is 0 Å². The molecule has 210 valence electrons. The second-order valence-electron chi connectivity index (χ2n) is 11.6. The van der Waals surface area contributed by atoms with Gasteiger partial charge in [-0.2, -0.15) is 9.97 Å². The molecule has 0 bridgehead atoms. The molecule has 2 aliphatic rings. The predicted octanol–water partition coefficient (Wildman–Crippen LogP) is 7.24. The van der Waals surface area contributed by atoms with Crippen LogP contribution in [0.1, 0.15) is 6.04 Å². The zero-order valence-corrected chi connectivity index (χ0v) is 24.1. The van der Waals surface area contributed by atoms with Gasteiger partial charge in [-0.05, 0) is 18.2 Å². The summed E-state index contributed by atoms with van der Waals surface area (Å²) in [4.78, 5) is 18.9. The topological polar surface area (TPSA) is 62.5 Å². The molecule has 0 amide bonds. The van der Waals surface area contributed by atoms with Crippen LogP contribution in [0.5, 0.6) is 0 Å². The highest BCUT2D eigenvalue weighted by molar-refractivity contribution is 6.20. The lowest BCUT2D eigenvalue weighted by Gasteiger charge is -2.20. The second kappa shape index (κ2) is 9.18. The lowest BCUT2D eigenvalue weighted by atomic mass is 10.0. The summed E-state index contributed by atoms with van der Waals surface area (Å²) in [5.41, 5.74) is 8.77. The van der Waals surface area contributed by atoms with E-state index in [1.54, 1.807) is 0 Å². The fourth-order valence-corrected chi connectivity index (χ4v) is 7.09. The van der Waals surface area contributed by atoms with Gasteiger partial charge in [0.1, 0.15) is 11.6 Å². The van der Waals surface area contributed by atoms with Crippen molar-refractivity contribution in [2.45, 2.75) is 6.04 Å².